The number of fused-ring (bicyclic) bond motifs is 2. The first-order valence-electron chi connectivity index (χ1n) is 17.7. The minimum absolute atomic E-state index is 0.0304. The number of nitrogens with zero attached hydrogens (tertiary/aromatic N) is 1. The van der Waals surface area contributed by atoms with Crippen LogP contribution < -0.4 is 15.3 Å². The third-order valence-corrected chi connectivity index (χ3v) is 11.9. The second-order valence-electron chi connectivity index (χ2n) is 14.4. The van der Waals surface area contributed by atoms with Crippen molar-refractivity contribution in [1.29, 1.82) is 0 Å². The number of hydrogen-bond acceptors (Lipinski definition) is 3. The van der Waals surface area contributed by atoms with Crippen LogP contribution in [0.1, 0.15) is 73.1 Å². The number of nitrogens with one attached hydrogen (secondary N) is 1. The standard InChI is InChI=1S/C37H44BrN3O.C2HF3O2/c38-32-16-17-33-31(20-32)24-40(23-27-10-4-1-5-11-27)26-37(33)25-39-22-34(37)36(42)41-19-18-30(28-12-6-2-7-13-28)21-35(41)29-14-8-3-9-15-29;3-2(4,5)1(6)7/h1-2,4-7,10-13,16-17,20,29-30,34-35,39H,3,8-9,14-15,18-19,21-26H2;(H,6,7)/p+1/t30-,34+,35+,37-;/m1./s1. The van der Waals surface area contributed by atoms with Crippen molar-refractivity contribution in [1.82, 2.24) is 4.90 Å². The van der Waals surface area contributed by atoms with Crippen LogP contribution in [0.3, 0.4) is 0 Å². The number of carboxylic acids is 1. The van der Waals surface area contributed by atoms with E-state index in [4.69, 9.17) is 9.90 Å². The fraction of sp³-hybridized carbons (Fsp3) is 0.487. The van der Waals surface area contributed by atoms with E-state index in [9.17, 15) is 18.0 Å². The number of halogens is 4. The molecule has 49 heavy (non-hydrogen) atoms. The van der Waals surface area contributed by atoms with E-state index in [1.807, 2.05) is 0 Å². The first-order valence-corrected chi connectivity index (χ1v) is 18.5. The summed E-state index contributed by atoms with van der Waals surface area (Å²) in [4.78, 5) is 27.8. The van der Waals surface area contributed by atoms with Gasteiger partial charge in [0, 0.05) is 28.2 Å². The molecule has 3 aromatic rings. The summed E-state index contributed by atoms with van der Waals surface area (Å²) in [6.45, 7) is 5.86. The summed E-state index contributed by atoms with van der Waals surface area (Å²) >= 11 is 3.77. The predicted octanol–water partition coefficient (Wildman–Crippen LogP) is 4.13. The van der Waals surface area contributed by atoms with Gasteiger partial charge in [0.25, 0.3) is 0 Å². The van der Waals surface area contributed by atoms with E-state index in [1.165, 1.54) is 54.4 Å². The summed E-state index contributed by atoms with van der Waals surface area (Å²) in [5.41, 5.74) is 5.57. The third kappa shape index (κ3) is 8.07. The number of amides is 1. The average Bonchev–Trinajstić information content (AvgIpc) is 3.52. The highest BCUT2D eigenvalue weighted by atomic mass is 79.9. The molecule has 5 atom stereocenters. The van der Waals surface area contributed by atoms with Crippen LogP contribution >= 0.6 is 15.9 Å². The van der Waals surface area contributed by atoms with Crippen LogP contribution in [0.25, 0.3) is 0 Å². The molecule has 3 heterocycles. The number of likely N-dealkylation sites (tertiary alicyclic amines) is 1. The Morgan fingerprint density at radius 3 is 2.31 bits per heavy atom. The Kier molecular flexibility index (Phi) is 11.2. The molecular formula is C39H46BrF3N3O3+. The third-order valence-electron chi connectivity index (χ3n) is 11.4. The van der Waals surface area contributed by atoms with Crippen LogP contribution in [0.2, 0.25) is 0 Å². The smallest absolute Gasteiger partial charge is 0.430 e. The maximum atomic E-state index is 15.0. The van der Waals surface area contributed by atoms with Crippen molar-refractivity contribution < 1.29 is 38.1 Å². The Morgan fingerprint density at radius 1 is 0.959 bits per heavy atom. The van der Waals surface area contributed by atoms with Crippen LogP contribution in [0, 0.1) is 11.8 Å². The molecule has 1 unspecified atom stereocenters. The average molecular weight is 742 g/mol. The monoisotopic (exact) mass is 740 g/mol. The van der Waals surface area contributed by atoms with Crippen LogP contribution in [-0.2, 0) is 28.1 Å². The molecule has 3 aromatic carbocycles. The van der Waals surface area contributed by atoms with Crippen molar-refractivity contribution in [3.8, 4) is 0 Å². The summed E-state index contributed by atoms with van der Waals surface area (Å²) in [5.74, 6) is -1.33. The molecule has 1 saturated carbocycles. The second-order valence-corrected chi connectivity index (χ2v) is 15.3. The van der Waals surface area contributed by atoms with Crippen LogP contribution in [0.5, 0.6) is 0 Å². The van der Waals surface area contributed by atoms with Crippen molar-refractivity contribution in [3.63, 3.8) is 0 Å². The number of aliphatic carboxylic acids is 1. The van der Waals surface area contributed by atoms with Gasteiger partial charge in [-0.25, -0.2) is 0 Å². The summed E-state index contributed by atoms with van der Waals surface area (Å²) < 4.78 is 32.7. The van der Waals surface area contributed by atoms with Crippen LogP contribution in [0.4, 0.5) is 13.2 Å². The maximum Gasteiger partial charge on any atom is 0.430 e. The molecule has 1 spiro atoms. The van der Waals surface area contributed by atoms with E-state index < -0.39 is 12.1 Å². The van der Waals surface area contributed by atoms with E-state index >= 15 is 0 Å². The molecule has 0 radical (unpaired) electrons. The van der Waals surface area contributed by atoms with E-state index in [0.717, 1.165) is 56.6 Å². The van der Waals surface area contributed by atoms with Gasteiger partial charge in [0.2, 0.25) is 5.91 Å². The van der Waals surface area contributed by atoms with Gasteiger partial charge in [0.1, 0.15) is 30.4 Å². The number of benzene rings is 3. The molecule has 262 valence electrons. The summed E-state index contributed by atoms with van der Waals surface area (Å²) in [5, 5.41) is 11.2. The fourth-order valence-corrected chi connectivity index (χ4v) is 9.66. The van der Waals surface area contributed by atoms with E-state index in [-0.39, 0.29) is 11.3 Å². The van der Waals surface area contributed by atoms with Gasteiger partial charge in [-0.2, -0.15) is 13.2 Å². The quantitative estimate of drug-likeness (QED) is 0.413. The first kappa shape index (κ1) is 35.6. The highest BCUT2D eigenvalue weighted by Gasteiger charge is 2.58. The number of piperidine rings is 1. The Morgan fingerprint density at radius 2 is 1.63 bits per heavy atom. The van der Waals surface area contributed by atoms with Crippen molar-refractivity contribution in [2.45, 2.75) is 81.6 Å². The second kappa shape index (κ2) is 15.4. The van der Waals surface area contributed by atoms with Gasteiger partial charge in [-0.05, 0) is 60.8 Å². The van der Waals surface area contributed by atoms with Gasteiger partial charge >= 0.3 is 6.18 Å². The lowest BCUT2D eigenvalue weighted by atomic mass is 9.67. The minimum Gasteiger partial charge on any atom is -0.542 e. The van der Waals surface area contributed by atoms with Crippen molar-refractivity contribution in [2.24, 2.45) is 11.8 Å². The van der Waals surface area contributed by atoms with Gasteiger partial charge < -0.3 is 25.0 Å². The molecule has 3 fully saturated rings. The number of carbonyl (C=O) groups excluding carboxylic acids is 2. The fourth-order valence-electron chi connectivity index (χ4n) is 9.25. The topological polar surface area (TPSA) is 81.5 Å². The Hall–Kier alpha value is -3.21. The largest absolute Gasteiger partial charge is 0.542 e. The zero-order valence-electron chi connectivity index (χ0n) is 27.8. The van der Waals surface area contributed by atoms with Crippen LogP contribution in [-0.4, -0.2) is 55.2 Å². The maximum absolute atomic E-state index is 15.0. The van der Waals surface area contributed by atoms with E-state index in [0.29, 0.717) is 23.8 Å². The van der Waals surface area contributed by atoms with Crippen molar-refractivity contribution in [2.75, 3.05) is 26.2 Å². The molecule has 2 saturated heterocycles. The molecule has 0 aromatic heterocycles. The molecule has 3 N–H and O–H groups in total. The zero-order chi connectivity index (χ0) is 34.6. The summed E-state index contributed by atoms with van der Waals surface area (Å²) in [6, 6.07) is 29.3. The van der Waals surface area contributed by atoms with Gasteiger partial charge in [-0.15, -0.1) is 0 Å². The summed E-state index contributed by atoms with van der Waals surface area (Å²) in [7, 11) is 0. The number of rotatable bonds is 5. The molecule has 0 bridgehead atoms. The van der Waals surface area contributed by atoms with Gasteiger partial charge in [0.15, 0.2) is 0 Å². The molecular weight excluding hydrogens is 695 g/mol. The highest BCUT2D eigenvalue weighted by molar-refractivity contribution is 9.10. The molecule has 10 heteroatoms. The lowest BCUT2D eigenvalue weighted by Crippen LogP contribution is -3.12. The van der Waals surface area contributed by atoms with E-state index in [1.54, 1.807) is 4.90 Å². The molecule has 1 aliphatic carbocycles. The number of carboxylic acid groups (broad SMARTS) is 1. The predicted molar refractivity (Wildman–Crippen MR) is 182 cm³/mol. The Bertz CT molecular complexity index is 1580. The molecule has 4 aliphatic rings. The van der Waals surface area contributed by atoms with Crippen LogP contribution in [0.15, 0.2) is 83.3 Å². The lowest BCUT2D eigenvalue weighted by Gasteiger charge is -2.47. The van der Waals surface area contributed by atoms with Gasteiger partial charge in [-0.3, -0.25) is 4.79 Å². The molecule has 3 aliphatic heterocycles. The van der Waals surface area contributed by atoms with Gasteiger partial charge in [-0.1, -0.05) is 102 Å². The van der Waals surface area contributed by atoms with Gasteiger partial charge in [0.05, 0.1) is 19.6 Å². The highest BCUT2D eigenvalue weighted by Crippen LogP contribution is 2.43. The Labute approximate surface area is 295 Å². The number of alkyl halides is 3. The number of nitrogens with two attached hydrogens (primary N) is 1. The number of quaternary nitrogens is 2. The minimum atomic E-state index is -5.19. The Balaban J connectivity index is 0.000000540. The number of hydrogen-bond donors (Lipinski definition) is 2. The van der Waals surface area contributed by atoms with Crippen molar-refractivity contribution >= 4 is 27.8 Å². The lowest BCUT2D eigenvalue weighted by molar-refractivity contribution is -0.935. The molecule has 6 nitrogen and oxygen atoms in total. The normalized spacial score (nSPS) is 27.2. The number of carbonyl (C=O) groups is 2. The van der Waals surface area contributed by atoms with E-state index in [2.05, 4.69) is 105 Å². The zero-order valence-corrected chi connectivity index (χ0v) is 29.4. The molecule has 7 rings (SSSR count). The molecule has 1 amide bonds. The SMILES string of the molecule is O=C([C@@H]1C[NH2+]C[C@]12C[NH+](Cc1ccccc1)Cc1cc(Br)ccc12)N1CC[C@@H](c2ccccc2)C[C@H]1C1CCCCC1.O=C([O-])C(F)(F)F. The first-order chi connectivity index (χ1) is 23.5. The van der Waals surface area contributed by atoms with Crippen molar-refractivity contribution in [3.05, 3.63) is 106 Å². The summed E-state index contributed by atoms with van der Waals surface area (Å²) in [6.07, 6.45) is 3.57.